The summed E-state index contributed by atoms with van der Waals surface area (Å²) in [6.45, 7) is 0. The van der Waals surface area contributed by atoms with Gasteiger partial charge in [-0.25, -0.2) is 15.0 Å². The van der Waals surface area contributed by atoms with Gasteiger partial charge in [0.25, 0.3) is 0 Å². The zero-order chi connectivity index (χ0) is 62.6. The van der Waals surface area contributed by atoms with Crippen LogP contribution in [0.25, 0.3) is 145 Å². The molecule has 9 nitrogen and oxygen atoms in total. The fourth-order valence-corrected chi connectivity index (χ4v) is 12.5. The van der Waals surface area contributed by atoms with Crippen LogP contribution in [-0.2, 0) is 6.18 Å². The van der Waals surface area contributed by atoms with E-state index in [1.165, 1.54) is 6.07 Å². The van der Waals surface area contributed by atoms with Gasteiger partial charge in [-0.1, -0.05) is 133 Å². The zero-order valence-electron chi connectivity index (χ0n) is 48.6. The lowest BCUT2D eigenvalue weighted by molar-refractivity contribution is -0.137. The number of benzene rings is 12. The van der Waals surface area contributed by atoms with E-state index in [0.29, 0.717) is 72.9 Å². The predicted octanol–water partition coefficient (Wildman–Crippen LogP) is 19.9. The Labute approximate surface area is 525 Å². The molecular formula is C80H44F3N9. The van der Waals surface area contributed by atoms with Crippen LogP contribution < -0.4 is 0 Å². The summed E-state index contributed by atoms with van der Waals surface area (Å²) in [7, 11) is 0. The van der Waals surface area contributed by atoms with Gasteiger partial charge in [0.15, 0.2) is 17.5 Å². The molecule has 430 valence electrons. The summed E-state index contributed by atoms with van der Waals surface area (Å²) in [5.74, 6) is 0.988. The molecule has 3 aromatic heterocycles. The predicted molar refractivity (Wildman–Crippen MR) is 356 cm³/mol. The maximum absolute atomic E-state index is 16.5. The number of rotatable bonds is 10. The normalized spacial score (nSPS) is 11.4. The molecule has 0 saturated heterocycles. The number of nitrogens with zero attached hydrogens (tertiary/aromatic N) is 9. The van der Waals surface area contributed by atoms with Crippen molar-refractivity contribution in [3.63, 3.8) is 0 Å². The fourth-order valence-electron chi connectivity index (χ4n) is 12.5. The Morgan fingerprint density at radius 3 is 0.989 bits per heavy atom. The van der Waals surface area contributed by atoms with Crippen molar-refractivity contribution >= 4 is 43.6 Å². The van der Waals surface area contributed by atoms with Crippen LogP contribution in [0.4, 0.5) is 13.2 Å². The molecule has 0 fully saturated rings. The van der Waals surface area contributed by atoms with Gasteiger partial charge >= 0.3 is 6.18 Å². The molecule has 15 aromatic rings. The molecule has 0 bridgehead atoms. The van der Waals surface area contributed by atoms with Gasteiger partial charge in [0, 0.05) is 49.5 Å². The molecule has 92 heavy (non-hydrogen) atoms. The molecule has 15 rings (SSSR count). The third-order valence-electron chi connectivity index (χ3n) is 16.9. The topological polar surface area (TPSA) is 144 Å². The van der Waals surface area contributed by atoms with Gasteiger partial charge in [-0.2, -0.15) is 34.2 Å². The van der Waals surface area contributed by atoms with Gasteiger partial charge in [0.1, 0.15) is 0 Å². The van der Waals surface area contributed by atoms with E-state index < -0.39 is 11.7 Å². The van der Waals surface area contributed by atoms with Gasteiger partial charge in [0.2, 0.25) is 0 Å². The summed E-state index contributed by atoms with van der Waals surface area (Å²) in [6.07, 6.45) is -4.88. The van der Waals surface area contributed by atoms with Crippen molar-refractivity contribution in [1.29, 1.82) is 21.0 Å². The molecule has 0 unspecified atom stereocenters. The van der Waals surface area contributed by atoms with E-state index in [9.17, 15) is 21.0 Å². The fraction of sp³-hybridized carbons (Fsp3) is 0.0125. The molecule has 0 aliphatic rings. The highest BCUT2D eigenvalue weighted by Crippen LogP contribution is 2.47. The lowest BCUT2D eigenvalue weighted by Gasteiger charge is -2.21. The first-order chi connectivity index (χ1) is 45.0. The molecule has 3 heterocycles. The molecule has 0 atom stereocenters. The number of aromatic nitrogens is 5. The van der Waals surface area contributed by atoms with Crippen molar-refractivity contribution < 1.29 is 13.2 Å². The third-order valence-corrected chi connectivity index (χ3v) is 16.9. The van der Waals surface area contributed by atoms with E-state index in [2.05, 4.69) is 36.4 Å². The van der Waals surface area contributed by atoms with Crippen molar-refractivity contribution in [1.82, 2.24) is 24.1 Å². The Kier molecular flexibility index (Phi) is 13.7. The maximum atomic E-state index is 16.5. The summed E-state index contributed by atoms with van der Waals surface area (Å²) in [5.41, 5.74) is 13.3. The Morgan fingerprint density at radius 2 is 0.620 bits per heavy atom. The summed E-state index contributed by atoms with van der Waals surface area (Å²) in [5, 5.41) is 42.9. The largest absolute Gasteiger partial charge is 0.417 e. The summed E-state index contributed by atoms with van der Waals surface area (Å²) < 4.78 is 53.5. The second kappa shape index (κ2) is 22.6. The van der Waals surface area contributed by atoms with Crippen LogP contribution >= 0.6 is 0 Å². The van der Waals surface area contributed by atoms with Crippen LogP contribution in [0.1, 0.15) is 27.8 Å². The molecule has 12 aromatic carbocycles. The lowest BCUT2D eigenvalue weighted by Crippen LogP contribution is -2.10. The number of hydrogen-bond donors (Lipinski definition) is 0. The summed E-state index contributed by atoms with van der Waals surface area (Å²) >= 11 is 0. The number of alkyl halides is 3. The van der Waals surface area contributed by atoms with E-state index in [4.69, 9.17) is 15.0 Å². The molecule has 0 aliphatic heterocycles. The molecule has 0 N–H and O–H groups in total. The minimum atomic E-state index is -4.88. The third kappa shape index (κ3) is 9.99. The van der Waals surface area contributed by atoms with E-state index in [0.717, 1.165) is 83.2 Å². The van der Waals surface area contributed by atoms with Gasteiger partial charge < -0.3 is 9.13 Å². The van der Waals surface area contributed by atoms with Crippen molar-refractivity contribution in [3.05, 3.63) is 295 Å². The summed E-state index contributed by atoms with van der Waals surface area (Å²) in [6, 6.07) is 91.0. The van der Waals surface area contributed by atoms with Crippen molar-refractivity contribution in [2.24, 2.45) is 0 Å². The first-order valence-corrected chi connectivity index (χ1v) is 29.4. The lowest BCUT2D eigenvalue weighted by atomic mass is 9.94. The highest BCUT2D eigenvalue weighted by Gasteiger charge is 2.35. The summed E-state index contributed by atoms with van der Waals surface area (Å²) in [4.78, 5) is 15.1. The molecule has 0 saturated carbocycles. The van der Waals surface area contributed by atoms with E-state index in [1.54, 1.807) is 36.4 Å². The van der Waals surface area contributed by atoms with E-state index in [-0.39, 0.29) is 17.0 Å². The van der Waals surface area contributed by atoms with E-state index >= 15 is 13.2 Å². The second-order valence-electron chi connectivity index (χ2n) is 22.4. The van der Waals surface area contributed by atoms with Crippen LogP contribution in [0.3, 0.4) is 0 Å². The van der Waals surface area contributed by atoms with Gasteiger partial charge in [-0.05, 0) is 184 Å². The smallest absolute Gasteiger partial charge is 0.309 e. The molecular weight excluding hydrogens is 1140 g/mol. The van der Waals surface area contributed by atoms with Crippen molar-refractivity contribution in [2.75, 3.05) is 0 Å². The van der Waals surface area contributed by atoms with Crippen LogP contribution in [0.15, 0.2) is 267 Å². The van der Waals surface area contributed by atoms with Crippen LogP contribution in [0.5, 0.6) is 0 Å². The molecule has 0 aliphatic carbocycles. The number of nitriles is 4. The van der Waals surface area contributed by atoms with Gasteiger partial charge in [-0.3, -0.25) is 0 Å². The Bertz CT molecular complexity index is 5410. The van der Waals surface area contributed by atoms with E-state index in [1.807, 2.05) is 215 Å². The quantitative estimate of drug-likeness (QED) is 0.133. The average molecular weight is 1190 g/mol. The Morgan fingerprint density at radius 1 is 0.283 bits per heavy atom. The molecule has 0 amide bonds. The highest BCUT2D eigenvalue weighted by atomic mass is 19.4. The van der Waals surface area contributed by atoms with Crippen molar-refractivity contribution in [3.8, 4) is 125 Å². The standard InChI is InChI=1S/C80H44F3N9/c81-80(82,83)71-29-28-64(91-72-30-23-59(55-19-7-11-49(35-55)45-84)39-67(72)68-40-60(24-31-73(68)91)56-20-8-12-50(36-56)46-85)44-65(71)66-43-63(79-89-77(53-15-3-1-4-16-53)88-78(90-79)54-17-5-2-6-18-54)27-34-74(66)92-75-32-25-61(57-21-9-13-51(37-57)47-86)41-69(75)70-42-62(26-33-76(70)92)58-22-10-14-52(38-58)48-87/h1-44H. The molecule has 0 radical (unpaired) electrons. The van der Waals surface area contributed by atoms with Crippen LogP contribution in [0.2, 0.25) is 0 Å². The van der Waals surface area contributed by atoms with Crippen molar-refractivity contribution in [2.45, 2.75) is 6.18 Å². The average Bonchev–Trinajstić information content (AvgIpc) is 1.54. The number of halogens is 3. The van der Waals surface area contributed by atoms with Gasteiger partial charge in [0.05, 0.1) is 79.8 Å². The molecule has 12 heteroatoms. The van der Waals surface area contributed by atoms with Gasteiger partial charge in [-0.15, -0.1) is 0 Å². The first-order valence-electron chi connectivity index (χ1n) is 29.4. The minimum absolute atomic E-state index is 0.123. The van der Waals surface area contributed by atoms with Crippen LogP contribution in [-0.4, -0.2) is 24.1 Å². The maximum Gasteiger partial charge on any atom is 0.417 e. The monoisotopic (exact) mass is 1190 g/mol. The molecule has 0 spiro atoms. The number of fused-ring (bicyclic) bond motifs is 6. The Balaban J connectivity index is 1.02. The second-order valence-corrected chi connectivity index (χ2v) is 22.4. The minimum Gasteiger partial charge on any atom is -0.309 e. The van der Waals surface area contributed by atoms with Crippen LogP contribution in [0, 0.1) is 45.3 Å². The number of hydrogen-bond acceptors (Lipinski definition) is 7. The SMILES string of the molecule is N#Cc1cccc(-c2ccc3c(c2)c2cc(-c4cccc(C#N)c4)ccc2n3-c2ccc(C(F)(F)F)c(-c3cc(-c4nc(-c5ccccc5)nc(-c5ccccc5)n4)ccc3-n3c4ccc(-c5cccc(C#N)c5)cc4c4cc(-c5cccc(C#N)c5)ccc43)c2)c1. The highest BCUT2D eigenvalue weighted by molar-refractivity contribution is 6.13. The zero-order valence-corrected chi connectivity index (χ0v) is 48.6. The Hall–Kier alpha value is -13.0. The first kappa shape index (κ1) is 55.6.